The van der Waals surface area contributed by atoms with Gasteiger partial charge in [-0.1, -0.05) is 0 Å². The largest absolute Gasteiger partial charge is 0.452 e. The minimum Gasteiger partial charge on any atom is -0.452 e. The van der Waals surface area contributed by atoms with Gasteiger partial charge in [0.25, 0.3) is 11.6 Å². The van der Waals surface area contributed by atoms with Crippen LogP contribution in [0.15, 0.2) is 46.9 Å². The summed E-state index contributed by atoms with van der Waals surface area (Å²) in [5.41, 5.74) is 0.0511. The summed E-state index contributed by atoms with van der Waals surface area (Å²) in [6.07, 6.45) is 0. The molecule has 1 heterocycles. The van der Waals surface area contributed by atoms with E-state index in [1.54, 1.807) is 0 Å². The maximum atomic E-state index is 13.1. The lowest BCUT2D eigenvalue weighted by Crippen LogP contribution is -2.06. The van der Waals surface area contributed by atoms with Crippen LogP contribution in [0.1, 0.15) is 16.2 Å². The van der Waals surface area contributed by atoms with Gasteiger partial charge in [0.15, 0.2) is 6.61 Å². The zero-order chi connectivity index (χ0) is 18.7. The zero-order valence-electron chi connectivity index (χ0n) is 12.9. The number of aromatic nitrogens is 2. The number of halogens is 2. The molecular weight excluding hydrogens is 352 g/mol. The molecule has 2 aromatic carbocycles. The molecule has 0 aliphatic heterocycles. The molecule has 1 aromatic heterocycles. The Hall–Kier alpha value is -3.69. The van der Waals surface area contributed by atoms with Gasteiger partial charge in [0.05, 0.1) is 10.5 Å². The minimum atomic E-state index is -0.960. The molecule has 0 spiro atoms. The number of hydrogen-bond donors (Lipinski definition) is 0. The summed E-state index contributed by atoms with van der Waals surface area (Å²) in [6, 6.07) is 7.71. The van der Waals surface area contributed by atoms with E-state index in [0.717, 1.165) is 12.1 Å². The molecule has 0 N–H and O–H groups in total. The van der Waals surface area contributed by atoms with E-state index in [9.17, 15) is 23.7 Å². The number of carbonyl (C=O) groups is 1. The fraction of sp³-hybridized carbons (Fsp3) is 0.0625. The van der Waals surface area contributed by atoms with Crippen molar-refractivity contribution in [2.24, 2.45) is 0 Å². The summed E-state index contributed by atoms with van der Waals surface area (Å²) in [7, 11) is 0. The highest BCUT2D eigenvalue weighted by Crippen LogP contribution is 2.21. The van der Waals surface area contributed by atoms with Gasteiger partial charge in [-0.3, -0.25) is 10.1 Å². The molecule has 3 aromatic rings. The SMILES string of the molecule is O=C(OCc1nnc(-c2ccc([N+](=O)[O-])cc2)o1)c1cc(F)cc(F)c1. The Morgan fingerprint density at radius 3 is 2.38 bits per heavy atom. The number of nitro benzene ring substituents is 1. The maximum Gasteiger partial charge on any atom is 0.338 e. The Labute approximate surface area is 144 Å². The molecule has 10 heteroatoms. The smallest absolute Gasteiger partial charge is 0.338 e. The van der Waals surface area contributed by atoms with E-state index in [1.807, 2.05) is 0 Å². The molecule has 0 radical (unpaired) electrons. The summed E-state index contributed by atoms with van der Waals surface area (Å²) < 4.78 is 36.3. The Bertz CT molecular complexity index is 952. The second-order valence-corrected chi connectivity index (χ2v) is 5.04. The molecule has 0 unspecified atom stereocenters. The topological polar surface area (TPSA) is 108 Å². The van der Waals surface area contributed by atoms with Gasteiger partial charge >= 0.3 is 5.97 Å². The average Bonchev–Trinajstić information content (AvgIpc) is 3.08. The van der Waals surface area contributed by atoms with E-state index in [4.69, 9.17) is 9.15 Å². The van der Waals surface area contributed by atoms with Gasteiger partial charge in [0.2, 0.25) is 5.89 Å². The molecule has 0 saturated carbocycles. The van der Waals surface area contributed by atoms with Crippen LogP contribution in [0.5, 0.6) is 0 Å². The Kier molecular flexibility index (Phi) is 4.65. The fourth-order valence-electron chi connectivity index (χ4n) is 2.04. The molecule has 26 heavy (non-hydrogen) atoms. The summed E-state index contributed by atoms with van der Waals surface area (Å²) in [6.45, 7) is -0.406. The van der Waals surface area contributed by atoms with Gasteiger partial charge in [0, 0.05) is 23.8 Å². The number of nitrogens with zero attached hydrogens (tertiary/aromatic N) is 3. The van der Waals surface area contributed by atoms with Crippen molar-refractivity contribution < 1.29 is 27.7 Å². The predicted molar refractivity (Wildman–Crippen MR) is 81.9 cm³/mol. The van der Waals surface area contributed by atoms with Gasteiger partial charge in [-0.2, -0.15) is 0 Å². The van der Waals surface area contributed by atoms with Crippen molar-refractivity contribution in [3.8, 4) is 11.5 Å². The van der Waals surface area contributed by atoms with Crippen LogP contribution in [0, 0.1) is 21.7 Å². The fourth-order valence-corrected chi connectivity index (χ4v) is 2.04. The highest BCUT2D eigenvalue weighted by molar-refractivity contribution is 5.89. The van der Waals surface area contributed by atoms with E-state index < -0.39 is 29.1 Å². The van der Waals surface area contributed by atoms with E-state index in [2.05, 4.69) is 10.2 Å². The van der Waals surface area contributed by atoms with E-state index in [-0.39, 0.29) is 23.0 Å². The van der Waals surface area contributed by atoms with Gasteiger partial charge in [-0.25, -0.2) is 13.6 Å². The van der Waals surface area contributed by atoms with Crippen molar-refractivity contribution in [2.75, 3.05) is 0 Å². The molecule has 0 saturated heterocycles. The van der Waals surface area contributed by atoms with Crippen molar-refractivity contribution in [3.63, 3.8) is 0 Å². The molecule has 0 atom stereocenters. The first kappa shape index (κ1) is 17.1. The van der Waals surface area contributed by atoms with Gasteiger partial charge in [0.1, 0.15) is 11.6 Å². The van der Waals surface area contributed by atoms with Crippen molar-refractivity contribution in [1.82, 2.24) is 10.2 Å². The lowest BCUT2D eigenvalue weighted by molar-refractivity contribution is -0.384. The second kappa shape index (κ2) is 7.05. The highest BCUT2D eigenvalue weighted by atomic mass is 19.1. The Balaban J connectivity index is 1.66. The average molecular weight is 361 g/mol. The Morgan fingerprint density at radius 2 is 1.77 bits per heavy atom. The quantitative estimate of drug-likeness (QED) is 0.390. The molecule has 0 amide bonds. The number of nitro groups is 1. The van der Waals surface area contributed by atoms with Crippen LogP contribution in [-0.4, -0.2) is 21.1 Å². The van der Waals surface area contributed by atoms with E-state index in [0.29, 0.717) is 11.6 Å². The third-order valence-corrected chi connectivity index (χ3v) is 3.22. The van der Waals surface area contributed by atoms with Crippen LogP contribution >= 0.6 is 0 Å². The van der Waals surface area contributed by atoms with Gasteiger partial charge in [-0.05, 0) is 24.3 Å². The van der Waals surface area contributed by atoms with E-state index >= 15 is 0 Å². The number of esters is 1. The third-order valence-electron chi connectivity index (χ3n) is 3.22. The number of ether oxygens (including phenoxy) is 1. The van der Waals surface area contributed by atoms with Crippen LogP contribution < -0.4 is 0 Å². The monoisotopic (exact) mass is 361 g/mol. The highest BCUT2D eigenvalue weighted by Gasteiger charge is 2.15. The third kappa shape index (κ3) is 3.86. The van der Waals surface area contributed by atoms with Crippen LogP contribution in [0.4, 0.5) is 14.5 Å². The first-order valence-corrected chi connectivity index (χ1v) is 7.13. The van der Waals surface area contributed by atoms with Crippen LogP contribution in [0.2, 0.25) is 0 Å². The van der Waals surface area contributed by atoms with Crippen molar-refractivity contribution >= 4 is 11.7 Å². The van der Waals surface area contributed by atoms with Gasteiger partial charge < -0.3 is 9.15 Å². The maximum absolute atomic E-state index is 13.1. The molecule has 0 aliphatic rings. The molecule has 0 bridgehead atoms. The minimum absolute atomic E-state index is 0.0522. The lowest BCUT2D eigenvalue weighted by Gasteiger charge is -2.02. The molecule has 0 fully saturated rings. The number of non-ortho nitro benzene ring substituents is 1. The van der Waals surface area contributed by atoms with Crippen LogP contribution in [0.3, 0.4) is 0 Å². The summed E-state index contributed by atoms with van der Waals surface area (Å²) in [5, 5.41) is 18.0. The molecule has 3 rings (SSSR count). The van der Waals surface area contributed by atoms with Crippen LogP contribution in [-0.2, 0) is 11.3 Å². The standard InChI is InChI=1S/C16H9F2N3O5/c17-11-5-10(6-12(18)7-11)16(22)25-8-14-19-20-15(26-14)9-1-3-13(4-2-9)21(23)24/h1-7H,8H2. The number of benzene rings is 2. The lowest BCUT2D eigenvalue weighted by atomic mass is 10.2. The molecular formula is C16H9F2N3O5. The van der Waals surface area contributed by atoms with Crippen molar-refractivity contribution in [1.29, 1.82) is 0 Å². The second-order valence-electron chi connectivity index (χ2n) is 5.04. The van der Waals surface area contributed by atoms with Crippen LogP contribution in [0.25, 0.3) is 11.5 Å². The molecule has 8 nitrogen and oxygen atoms in total. The first-order chi connectivity index (χ1) is 12.4. The number of rotatable bonds is 5. The van der Waals surface area contributed by atoms with Gasteiger partial charge in [-0.15, -0.1) is 10.2 Å². The normalized spacial score (nSPS) is 10.5. The summed E-state index contributed by atoms with van der Waals surface area (Å²) in [5.74, 6) is -2.75. The first-order valence-electron chi connectivity index (χ1n) is 7.13. The zero-order valence-corrected chi connectivity index (χ0v) is 12.9. The number of hydrogen-bond acceptors (Lipinski definition) is 7. The van der Waals surface area contributed by atoms with E-state index in [1.165, 1.54) is 24.3 Å². The number of carbonyl (C=O) groups excluding carboxylic acids is 1. The Morgan fingerprint density at radius 1 is 1.12 bits per heavy atom. The summed E-state index contributed by atoms with van der Waals surface area (Å²) >= 11 is 0. The van der Waals surface area contributed by atoms with Crippen molar-refractivity contribution in [3.05, 3.63) is 75.7 Å². The predicted octanol–water partition coefficient (Wildman–Crippen LogP) is 3.28. The van der Waals surface area contributed by atoms with Crippen molar-refractivity contribution in [2.45, 2.75) is 6.61 Å². The molecule has 0 aliphatic carbocycles. The summed E-state index contributed by atoms with van der Waals surface area (Å²) in [4.78, 5) is 21.9. The molecule has 132 valence electrons.